The third kappa shape index (κ3) is 3.97. The summed E-state index contributed by atoms with van der Waals surface area (Å²) in [6.45, 7) is -0.390. The number of rotatable bonds is 6. The SMILES string of the molecule is CN(C)S(=O)(=O)c1cc(NC(=O)COC(=O)C23CC4CC(CC(C4)C2)C3)ccc1Cl. The van der Waals surface area contributed by atoms with Crippen LogP contribution in [-0.4, -0.2) is 45.3 Å². The number of halogens is 1. The molecule has 30 heavy (non-hydrogen) atoms. The summed E-state index contributed by atoms with van der Waals surface area (Å²) in [7, 11) is -0.946. The topological polar surface area (TPSA) is 92.8 Å². The molecule has 164 valence electrons. The molecule has 1 amide bonds. The highest BCUT2D eigenvalue weighted by Crippen LogP contribution is 2.60. The summed E-state index contributed by atoms with van der Waals surface area (Å²) in [6.07, 6.45) is 6.30. The Hall–Kier alpha value is -1.64. The first kappa shape index (κ1) is 21.6. The number of benzene rings is 1. The van der Waals surface area contributed by atoms with Crippen molar-refractivity contribution in [3.05, 3.63) is 23.2 Å². The van der Waals surface area contributed by atoms with E-state index in [9.17, 15) is 18.0 Å². The third-order valence-electron chi connectivity index (χ3n) is 6.78. The molecule has 9 heteroatoms. The van der Waals surface area contributed by atoms with E-state index in [1.54, 1.807) is 0 Å². The fraction of sp³-hybridized carbons (Fsp3) is 0.619. The Morgan fingerprint density at radius 2 is 1.70 bits per heavy atom. The van der Waals surface area contributed by atoms with Crippen LogP contribution in [0.15, 0.2) is 23.1 Å². The van der Waals surface area contributed by atoms with Crippen molar-refractivity contribution in [2.45, 2.75) is 43.4 Å². The second kappa shape index (κ2) is 7.80. The molecule has 1 N–H and O–H groups in total. The van der Waals surface area contributed by atoms with E-state index in [0.29, 0.717) is 17.8 Å². The van der Waals surface area contributed by atoms with Crippen LogP contribution in [-0.2, 0) is 24.3 Å². The highest BCUT2D eigenvalue weighted by atomic mass is 35.5. The van der Waals surface area contributed by atoms with Crippen molar-refractivity contribution in [3.8, 4) is 0 Å². The second-order valence-corrected chi connectivity index (χ2v) is 11.8. The monoisotopic (exact) mass is 454 g/mol. The van der Waals surface area contributed by atoms with Crippen molar-refractivity contribution in [2.75, 3.05) is 26.0 Å². The zero-order valence-electron chi connectivity index (χ0n) is 17.2. The molecule has 0 saturated heterocycles. The summed E-state index contributed by atoms with van der Waals surface area (Å²) < 4.78 is 31.2. The lowest BCUT2D eigenvalue weighted by atomic mass is 9.49. The number of amides is 1. The highest BCUT2D eigenvalue weighted by Gasteiger charge is 2.55. The molecule has 0 heterocycles. The standard InChI is InChI=1S/C21H27ClN2O5S/c1-24(2)30(27,28)18-8-16(3-4-17(18)22)23-19(25)12-29-20(26)21-9-13-5-14(10-21)7-15(6-13)11-21/h3-4,8,13-15H,5-7,9-12H2,1-2H3,(H,23,25). The van der Waals surface area contributed by atoms with Gasteiger partial charge in [0.1, 0.15) is 4.90 Å². The largest absolute Gasteiger partial charge is 0.455 e. The van der Waals surface area contributed by atoms with Crippen LogP contribution >= 0.6 is 11.6 Å². The van der Waals surface area contributed by atoms with Gasteiger partial charge in [-0.25, -0.2) is 12.7 Å². The van der Waals surface area contributed by atoms with Gasteiger partial charge < -0.3 is 10.1 Å². The summed E-state index contributed by atoms with van der Waals surface area (Å²) in [5.74, 6) is 1.07. The molecule has 0 aromatic heterocycles. The van der Waals surface area contributed by atoms with E-state index in [4.69, 9.17) is 16.3 Å². The molecule has 0 unspecified atom stereocenters. The first-order chi connectivity index (χ1) is 14.1. The number of anilines is 1. The van der Waals surface area contributed by atoms with Crippen LogP contribution in [0.2, 0.25) is 5.02 Å². The highest BCUT2D eigenvalue weighted by molar-refractivity contribution is 7.89. The van der Waals surface area contributed by atoms with E-state index in [1.165, 1.54) is 51.6 Å². The third-order valence-corrected chi connectivity index (χ3v) is 9.08. The molecule has 0 radical (unpaired) electrons. The summed E-state index contributed by atoms with van der Waals surface area (Å²) in [6, 6.07) is 4.22. The minimum atomic E-state index is -3.75. The molecular weight excluding hydrogens is 428 g/mol. The Bertz CT molecular complexity index is 940. The smallest absolute Gasteiger partial charge is 0.312 e. The molecule has 1 aromatic rings. The summed E-state index contributed by atoms with van der Waals surface area (Å²) in [5.41, 5.74) is -0.141. The number of nitrogens with zero attached hydrogens (tertiary/aromatic N) is 1. The zero-order valence-corrected chi connectivity index (χ0v) is 18.8. The van der Waals surface area contributed by atoms with Crippen molar-refractivity contribution in [1.29, 1.82) is 0 Å². The first-order valence-corrected chi connectivity index (χ1v) is 12.1. The lowest BCUT2D eigenvalue weighted by Gasteiger charge is -2.55. The van der Waals surface area contributed by atoms with E-state index >= 15 is 0 Å². The van der Waals surface area contributed by atoms with Gasteiger partial charge in [0.05, 0.1) is 10.4 Å². The van der Waals surface area contributed by atoms with Crippen molar-refractivity contribution < 1.29 is 22.7 Å². The number of ether oxygens (including phenoxy) is 1. The van der Waals surface area contributed by atoms with Crippen LogP contribution in [0.5, 0.6) is 0 Å². The molecule has 4 aliphatic carbocycles. The van der Waals surface area contributed by atoms with Crippen molar-refractivity contribution in [3.63, 3.8) is 0 Å². The molecule has 1 aromatic carbocycles. The van der Waals surface area contributed by atoms with E-state index in [2.05, 4.69) is 5.32 Å². The van der Waals surface area contributed by atoms with Gasteiger partial charge in [-0.3, -0.25) is 9.59 Å². The minimum absolute atomic E-state index is 0.0648. The summed E-state index contributed by atoms with van der Waals surface area (Å²) in [4.78, 5) is 25.1. The maximum atomic E-state index is 12.9. The number of carbonyl (C=O) groups excluding carboxylic acids is 2. The maximum absolute atomic E-state index is 12.9. The summed E-state index contributed by atoms with van der Waals surface area (Å²) >= 11 is 6.03. The lowest BCUT2D eigenvalue weighted by Crippen LogP contribution is -2.50. The van der Waals surface area contributed by atoms with Gasteiger partial charge in [-0.2, -0.15) is 0 Å². The number of hydrogen-bond donors (Lipinski definition) is 1. The van der Waals surface area contributed by atoms with Crippen LogP contribution in [0, 0.1) is 23.2 Å². The Morgan fingerprint density at radius 3 is 2.23 bits per heavy atom. The van der Waals surface area contributed by atoms with Gasteiger partial charge in [0.2, 0.25) is 10.0 Å². The van der Waals surface area contributed by atoms with Crippen LogP contribution in [0.4, 0.5) is 5.69 Å². The number of carbonyl (C=O) groups is 2. The molecular formula is C21H27ClN2O5S. The molecule has 7 nitrogen and oxygen atoms in total. The van der Waals surface area contributed by atoms with Crippen molar-refractivity contribution in [1.82, 2.24) is 4.31 Å². The molecule has 4 saturated carbocycles. The van der Waals surface area contributed by atoms with Gasteiger partial charge >= 0.3 is 5.97 Å². The molecule has 0 spiro atoms. The maximum Gasteiger partial charge on any atom is 0.312 e. The van der Waals surface area contributed by atoms with E-state index < -0.39 is 21.3 Å². The van der Waals surface area contributed by atoms with Gasteiger partial charge in [-0.1, -0.05) is 11.6 Å². The van der Waals surface area contributed by atoms with Gasteiger partial charge in [0.15, 0.2) is 6.61 Å². The van der Waals surface area contributed by atoms with E-state index in [-0.39, 0.29) is 28.2 Å². The van der Waals surface area contributed by atoms with Gasteiger partial charge in [0, 0.05) is 19.8 Å². The Balaban J connectivity index is 1.38. The number of esters is 1. The first-order valence-electron chi connectivity index (χ1n) is 10.3. The fourth-order valence-electron chi connectivity index (χ4n) is 5.82. The minimum Gasteiger partial charge on any atom is -0.455 e. The van der Waals surface area contributed by atoms with Crippen LogP contribution in [0.1, 0.15) is 38.5 Å². The van der Waals surface area contributed by atoms with Crippen LogP contribution in [0.3, 0.4) is 0 Å². The lowest BCUT2D eigenvalue weighted by molar-refractivity contribution is -0.172. The fourth-order valence-corrected chi connectivity index (χ4v) is 7.21. The summed E-state index contributed by atoms with van der Waals surface area (Å²) in [5, 5.41) is 2.66. The van der Waals surface area contributed by atoms with Gasteiger partial charge in [-0.15, -0.1) is 0 Å². The average Bonchev–Trinajstić information content (AvgIpc) is 2.66. The normalized spacial score (nSPS) is 29.8. The Kier molecular flexibility index (Phi) is 5.61. The van der Waals surface area contributed by atoms with Crippen molar-refractivity contribution in [2.24, 2.45) is 23.2 Å². The van der Waals surface area contributed by atoms with Gasteiger partial charge in [-0.05, 0) is 74.5 Å². The Morgan fingerprint density at radius 1 is 1.13 bits per heavy atom. The number of nitrogens with one attached hydrogen (secondary N) is 1. The van der Waals surface area contributed by atoms with Crippen LogP contribution < -0.4 is 5.32 Å². The predicted octanol–water partition coefficient (Wildman–Crippen LogP) is 3.29. The predicted molar refractivity (Wildman–Crippen MR) is 113 cm³/mol. The molecule has 4 fully saturated rings. The molecule has 4 bridgehead atoms. The van der Waals surface area contributed by atoms with Gasteiger partial charge in [0.25, 0.3) is 5.91 Å². The molecule has 0 atom stereocenters. The van der Waals surface area contributed by atoms with Crippen molar-refractivity contribution >= 4 is 39.2 Å². The zero-order chi connectivity index (χ0) is 21.7. The molecule has 5 rings (SSSR count). The molecule has 4 aliphatic rings. The second-order valence-electron chi connectivity index (χ2n) is 9.25. The van der Waals surface area contributed by atoms with Crippen LogP contribution in [0.25, 0.3) is 0 Å². The van der Waals surface area contributed by atoms with E-state index in [0.717, 1.165) is 23.6 Å². The quantitative estimate of drug-likeness (QED) is 0.666. The van der Waals surface area contributed by atoms with E-state index in [1.807, 2.05) is 0 Å². The Labute approximate surface area is 182 Å². The molecule has 0 aliphatic heterocycles. The average molecular weight is 455 g/mol. The number of sulfonamides is 1. The number of hydrogen-bond acceptors (Lipinski definition) is 5.